The number of benzene rings is 1. The molecule has 1 unspecified atom stereocenters. The minimum Gasteiger partial charge on any atom is -0.352 e. The van der Waals surface area contributed by atoms with Crippen molar-refractivity contribution in [2.75, 3.05) is 13.1 Å². The van der Waals surface area contributed by atoms with Gasteiger partial charge < -0.3 is 10.2 Å². The summed E-state index contributed by atoms with van der Waals surface area (Å²) in [4.78, 5) is 25.3. The molecule has 0 spiro atoms. The predicted octanol–water partition coefficient (Wildman–Crippen LogP) is 0.913. The average molecular weight is 272 g/mol. The topological polar surface area (TPSA) is 78.1 Å². The van der Waals surface area contributed by atoms with Gasteiger partial charge in [-0.25, -0.2) is 0 Å². The molecule has 20 heavy (non-hydrogen) atoms. The molecule has 6 heteroatoms. The maximum Gasteiger partial charge on any atom is 0.275 e. The van der Waals surface area contributed by atoms with Crippen molar-refractivity contribution in [3.8, 4) is 0 Å². The Morgan fingerprint density at radius 3 is 3.00 bits per heavy atom. The standard InChI is InChI=1S/C14H16N4O2/c1-9(19)15-10-6-7-18(8-10)14(20)13-11-4-2-3-5-12(11)16-17-13/h2-5,10H,6-8H2,1H3,(H,15,19)(H,16,17). The first-order valence-electron chi connectivity index (χ1n) is 6.64. The van der Waals surface area contributed by atoms with Crippen molar-refractivity contribution in [3.05, 3.63) is 30.0 Å². The van der Waals surface area contributed by atoms with Gasteiger partial charge in [0.25, 0.3) is 5.91 Å². The smallest absolute Gasteiger partial charge is 0.275 e. The van der Waals surface area contributed by atoms with Gasteiger partial charge in [0.15, 0.2) is 5.69 Å². The van der Waals surface area contributed by atoms with Crippen LogP contribution in [0.25, 0.3) is 10.9 Å². The Morgan fingerprint density at radius 2 is 2.20 bits per heavy atom. The molecule has 3 rings (SSSR count). The van der Waals surface area contributed by atoms with E-state index in [1.54, 1.807) is 4.90 Å². The molecule has 1 aromatic carbocycles. The number of nitrogens with one attached hydrogen (secondary N) is 2. The zero-order valence-corrected chi connectivity index (χ0v) is 11.2. The zero-order chi connectivity index (χ0) is 14.1. The van der Waals surface area contributed by atoms with E-state index in [1.807, 2.05) is 24.3 Å². The van der Waals surface area contributed by atoms with Gasteiger partial charge in [0.1, 0.15) is 0 Å². The predicted molar refractivity (Wildman–Crippen MR) is 74.2 cm³/mol. The van der Waals surface area contributed by atoms with Gasteiger partial charge in [-0.15, -0.1) is 0 Å². The fraction of sp³-hybridized carbons (Fsp3) is 0.357. The first-order valence-corrected chi connectivity index (χ1v) is 6.64. The number of hydrogen-bond donors (Lipinski definition) is 2. The highest BCUT2D eigenvalue weighted by Crippen LogP contribution is 2.19. The average Bonchev–Trinajstić information content (AvgIpc) is 3.03. The van der Waals surface area contributed by atoms with E-state index in [1.165, 1.54) is 6.92 Å². The highest BCUT2D eigenvalue weighted by atomic mass is 16.2. The molecular weight excluding hydrogens is 256 g/mol. The molecule has 2 N–H and O–H groups in total. The molecule has 1 aromatic heterocycles. The van der Waals surface area contributed by atoms with Crippen LogP contribution in [0.5, 0.6) is 0 Å². The number of H-pyrrole nitrogens is 1. The minimum absolute atomic E-state index is 0.0432. The Balaban J connectivity index is 1.78. The van der Waals surface area contributed by atoms with Crippen LogP contribution in [0.1, 0.15) is 23.8 Å². The van der Waals surface area contributed by atoms with Crippen LogP contribution in [-0.4, -0.2) is 46.0 Å². The molecule has 1 saturated heterocycles. The monoisotopic (exact) mass is 272 g/mol. The lowest BCUT2D eigenvalue weighted by Gasteiger charge is -2.15. The summed E-state index contributed by atoms with van der Waals surface area (Å²) in [5, 5.41) is 10.7. The third-order valence-electron chi connectivity index (χ3n) is 3.56. The van der Waals surface area contributed by atoms with E-state index >= 15 is 0 Å². The van der Waals surface area contributed by atoms with Crippen LogP contribution < -0.4 is 5.32 Å². The summed E-state index contributed by atoms with van der Waals surface area (Å²) < 4.78 is 0. The number of para-hydroxylation sites is 1. The van der Waals surface area contributed by atoms with Crippen molar-refractivity contribution in [2.24, 2.45) is 0 Å². The van der Waals surface area contributed by atoms with E-state index in [-0.39, 0.29) is 17.9 Å². The summed E-state index contributed by atoms with van der Waals surface area (Å²) in [5.41, 5.74) is 1.30. The zero-order valence-electron chi connectivity index (χ0n) is 11.2. The van der Waals surface area contributed by atoms with Gasteiger partial charge in [-0.2, -0.15) is 5.10 Å². The fourth-order valence-electron chi connectivity index (χ4n) is 2.63. The summed E-state index contributed by atoms with van der Waals surface area (Å²) in [6.07, 6.45) is 0.785. The number of nitrogens with zero attached hydrogens (tertiary/aromatic N) is 2. The number of carbonyl (C=O) groups excluding carboxylic acids is 2. The van der Waals surface area contributed by atoms with Gasteiger partial charge in [0.2, 0.25) is 5.91 Å². The molecule has 2 amide bonds. The Bertz CT molecular complexity index is 664. The molecule has 1 aliphatic rings. The SMILES string of the molecule is CC(=O)NC1CCN(C(=O)c2n[nH]c3ccccc23)C1. The second kappa shape index (κ2) is 4.96. The highest BCUT2D eigenvalue weighted by Gasteiger charge is 2.29. The maximum absolute atomic E-state index is 12.5. The summed E-state index contributed by atoms with van der Waals surface area (Å²) in [5.74, 6) is -0.148. The fourth-order valence-corrected chi connectivity index (χ4v) is 2.63. The van der Waals surface area contributed by atoms with Gasteiger partial charge in [-0.05, 0) is 12.5 Å². The second-order valence-corrected chi connectivity index (χ2v) is 5.06. The maximum atomic E-state index is 12.5. The minimum atomic E-state index is -0.0877. The largest absolute Gasteiger partial charge is 0.352 e. The van der Waals surface area contributed by atoms with Gasteiger partial charge in [0.05, 0.1) is 5.52 Å². The number of hydrogen-bond acceptors (Lipinski definition) is 3. The van der Waals surface area contributed by atoms with Crippen molar-refractivity contribution in [2.45, 2.75) is 19.4 Å². The number of likely N-dealkylation sites (tertiary alicyclic amines) is 1. The van der Waals surface area contributed by atoms with Crippen LogP contribution in [0.2, 0.25) is 0 Å². The molecule has 1 atom stereocenters. The molecule has 1 aliphatic heterocycles. The van der Waals surface area contributed by atoms with Gasteiger partial charge in [-0.3, -0.25) is 14.7 Å². The third kappa shape index (κ3) is 2.24. The number of rotatable bonds is 2. The summed E-state index contributed by atoms with van der Waals surface area (Å²) in [6.45, 7) is 2.68. The van der Waals surface area contributed by atoms with E-state index in [9.17, 15) is 9.59 Å². The van der Waals surface area contributed by atoms with Crippen molar-refractivity contribution < 1.29 is 9.59 Å². The highest BCUT2D eigenvalue weighted by molar-refractivity contribution is 6.04. The number of aromatic nitrogens is 2. The lowest BCUT2D eigenvalue weighted by molar-refractivity contribution is -0.119. The van der Waals surface area contributed by atoms with Crippen LogP contribution in [0, 0.1) is 0 Å². The molecule has 0 aliphatic carbocycles. The molecule has 6 nitrogen and oxygen atoms in total. The Hall–Kier alpha value is -2.37. The van der Waals surface area contributed by atoms with E-state index in [2.05, 4.69) is 15.5 Å². The van der Waals surface area contributed by atoms with Crippen LogP contribution in [0.3, 0.4) is 0 Å². The third-order valence-corrected chi connectivity index (χ3v) is 3.56. The Labute approximate surface area is 116 Å². The normalized spacial score (nSPS) is 18.4. The molecular formula is C14H16N4O2. The van der Waals surface area contributed by atoms with Crippen LogP contribution >= 0.6 is 0 Å². The Kier molecular flexibility index (Phi) is 3.14. The van der Waals surface area contributed by atoms with E-state index in [0.717, 1.165) is 17.3 Å². The number of fused-ring (bicyclic) bond motifs is 1. The quantitative estimate of drug-likeness (QED) is 0.853. The number of carbonyl (C=O) groups is 2. The van der Waals surface area contributed by atoms with Crippen molar-refractivity contribution >= 4 is 22.7 Å². The molecule has 0 bridgehead atoms. The summed E-state index contributed by atoms with van der Waals surface area (Å²) >= 11 is 0. The first kappa shape index (κ1) is 12.7. The lowest BCUT2D eigenvalue weighted by atomic mass is 10.2. The molecule has 0 radical (unpaired) electrons. The lowest BCUT2D eigenvalue weighted by Crippen LogP contribution is -2.37. The summed E-state index contributed by atoms with van der Waals surface area (Å²) in [6, 6.07) is 7.61. The van der Waals surface area contributed by atoms with E-state index in [0.29, 0.717) is 18.8 Å². The molecule has 2 aromatic rings. The van der Waals surface area contributed by atoms with Gasteiger partial charge >= 0.3 is 0 Å². The molecule has 2 heterocycles. The van der Waals surface area contributed by atoms with E-state index < -0.39 is 0 Å². The van der Waals surface area contributed by atoms with Crippen LogP contribution in [0.15, 0.2) is 24.3 Å². The van der Waals surface area contributed by atoms with Gasteiger partial charge in [0, 0.05) is 31.4 Å². The molecule has 1 fully saturated rings. The number of amides is 2. The van der Waals surface area contributed by atoms with Crippen molar-refractivity contribution in [1.82, 2.24) is 20.4 Å². The first-order chi connectivity index (χ1) is 9.65. The summed E-state index contributed by atoms with van der Waals surface area (Å²) in [7, 11) is 0. The molecule has 104 valence electrons. The second-order valence-electron chi connectivity index (χ2n) is 5.06. The molecule has 0 saturated carbocycles. The number of aromatic amines is 1. The van der Waals surface area contributed by atoms with Crippen molar-refractivity contribution in [3.63, 3.8) is 0 Å². The van der Waals surface area contributed by atoms with Gasteiger partial charge in [-0.1, -0.05) is 18.2 Å². The Morgan fingerprint density at radius 1 is 1.40 bits per heavy atom. The van der Waals surface area contributed by atoms with E-state index in [4.69, 9.17) is 0 Å². The van der Waals surface area contributed by atoms with Crippen LogP contribution in [-0.2, 0) is 4.79 Å². The van der Waals surface area contributed by atoms with Crippen molar-refractivity contribution in [1.29, 1.82) is 0 Å². The van der Waals surface area contributed by atoms with Crippen LogP contribution in [0.4, 0.5) is 0 Å².